The summed E-state index contributed by atoms with van der Waals surface area (Å²) >= 11 is 5.69. The van der Waals surface area contributed by atoms with Gasteiger partial charge in [0, 0.05) is 6.20 Å². The van der Waals surface area contributed by atoms with E-state index in [0.29, 0.717) is 17.9 Å². The van der Waals surface area contributed by atoms with Gasteiger partial charge in [-0.15, -0.1) is 0 Å². The van der Waals surface area contributed by atoms with Gasteiger partial charge in [-0.1, -0.05) is 11.6 Å². The largest absolute Gasteiger partial charge is 0.466 e. The fourth-order valence-corrected chi connectivity index (χ4v) is 1.17. The van der Waals surface area contributed by atoms with Gasteiger partial charge < -0.3 is 4.74 Å². The summed E-state index contributed by atoms with van der Waals surface area (Å²) in [5.74, 6) is -0.365. The molecule has 0 saturated carbocycles. The lowest BCUT2D eigenvalue weighted by Crippen LogP contribution is -2.08. The Kier molecular flexibility index (Phi) is 4.07. The molecule has 1 aromatic rings. The number of carbonyl (C=O) groups excluding carboxylic acids is 1. The number of carbonyl (C=O) groups is 1. The van der Waals surface area contributed by atoms with Crippen LogP contribution in [0.4, 0.5) is 0 Å². The van der Waals surface area contributed by atoms with Gasteiger partial charge in [-0.3, -0.25) is 9.78 Å². The van der Waals surface area contributed by atoms with Crippen molar-refractivity contribution in [3.05, 3.63) is 28.5 Å². The highest BCUT2D eigenvalue weighted by Gasteiger charge is 2.07. The first-order valence-corrected chi connectivity index (χ1v) is 4.75. The predicted molar refractivity (Wildman–Crippen MR) is 54.3 cm³/mol. The average Bonchev–Trinajstić information content (AvgIpc) is 2.21. The van der Waals surface area contributed by atoms with Crippen LogP contribution in [0.1, 0.15) is 18.2 Å². The molecular weight excluding hydrogens is 216 g/mol. The standard InChI is InChI=1S/C10H9ClN2O2/c1-2-15-10(14)4-8-3-7(5-12)9(11)6-13-8/h3,6H,2,4H2,1H3. The second kappa shape index (κ2) is 5.32. The van der Waals surface area contributed by atoms with E-state index in [2.05, 4.69) is 4.98 Å². The highest BCUT2D eigenvalue weighted by atomic mass is 35.5. The molecule has 0 aliphatic carbocycles. The number of esters is 1. The number of ether oxygens (including phenoxy) is 1. The third-order valence-corrected chi connectivity index (χ3v) is 1.96. The maximum Gasteiger partial charge on any atom is 0.311 e. The molecular formula is C10H9ClN2O2. The van der Waals surface area contributed by atoms with Crippen LogP contribution in [0.5, 0.6) is 0 Å². The normalized spacial score (nSPS) is 9.40. The fourth-order valence-electron chi connectivity index (χ4n) is 1.02. The maximum absolute atomic E-state index is 11.1. The molecule has 1 heterocycles. The van der Waals surface area contributed by atoms with Crippen LogP contribution in [0.3, 0.4) is 0 Å². The van der Waals surface area contributed by atoms with Gasteiger partial charge in [0.1, 0.15) is 6.07 Å². The number of nitriles is 1. The summed E-state index contributed by atoms with van der Waals surface area (Å²) in [5.41, 5.74) is 0.792. The maximum atomic E-state index is 11.1. The number of hydrogen-bond donors (Lipinski definition) is 0. The van der Waals surface area contributed by atoms with Gasteiger partial charge in [0.25, 0.3) is 0 Å². The number of pyridine rings is 1. The van der Waals surface area contributed by atoms with E-state index in [1.165, 1.54) is 12.3 Å². The molecule has 4 nitrogen and oxygen atoms in total. The highest BCUT2D eigenvalue weighted by molar-refractivity contribution is 6.31. The van der Waals surface area contributed by atoms with Gasteiger partial charge in [-0.05, 0) is 13.0 Å². The van der Waals surface area contributed by atoms with Crippen molar-refractivity contribution in [3.63, 3.8) is 0 Å². The monoisotopic (exact) mass is 224 g/mol. The van der Waals surface area contributed by atoms with Crippen LogP contribution < -0.4 is 0 Å². The van der Waals surface area contributed by atoms with E-state index in [-0.39, 0.29) is 17.4 Å². The van der Waals surface area contributed by atoms with Crippen LogP contribution in [0, 0.1) is 11.3 Å². The van der Waals surface area contributed by atoms with E-state index in [1.54, 1.807) is 6.92 Å². The number of hydrogen-bond acceptors (Lipinski definition) is 4. The summed E-state index contributed by atoms with van der Waals surface area (Å²) < 4.78 is 4.75. The van der Waals surface area contributed by atoms with Crippen molar-refractivity contribution in [1.82, 2.24) is 4.98 Å². The summed E-state index contributed by atoms with van der Waals surface area (Å²) in [5, 5.41) is 8.98. The molecule has 0 bridgehead atoms. The minimum absolute atomic E-state index is 0.0552. The topological polar surface area (TPSA) is 63.0 Å². The molecule has 5 heteroatoms. The lowest BCUT2D eigenvalue weighted by Gasteiger charge is -2.02. The molecule has 0 atom stereocenters. The van der Waals surface area contributed by atoms with E-state index in [9.17, 15) is 4.79 Å². The molecule has 0 N–H and O–H groups in total. The Morgan fingerprint density at radius 1 is 1.73 bits per heavy atom. The van der Waals surface area contributed by atoms with E-state index in [0.717, 1.165) is 0 Å². The molecule has 0 aliphatic rings. The predicted octanol–water partition coefficient (Wildman–Crippen LogP) is 1.71. The smallest absolute Gasteiger partial charge is 0.311 e. The van der Waals surface area contributed by atoms with Crippen LogP contribution in [-0.4, -0.2) is 17.6 Å². The van der Waals surface area contributed by atoms with E-state index in [4.69, 9.17) is 21.6 Å². The Bertz CT molecular complexity index is 412. The summed E-state index contributed by atoms with van der Waals surface area (Å²) in [6.45, 7) is 2.06. The van der Waals surface area contributed by atoms with Crippen molar-refractivity contribution >= 4 is 17.6 Å². The molecule has 15 heavy (non-hydrogen) atoms. The molecule has 0 radical (unpaired) electrons. The Morgan fingerprint density at radius 3 is 3.07 bits per heavy atom. The minimum Gasteiger partial charge on any atom is -0.466 e. The molecule has 0 saturated heterocycles. The zero-order valence-corrected chi connectivity index (χ0v) is 8.91. The van der Waals surface area contributed by atoms with Gasteiger partial charge in [-0.25, -0.2) is 0 Å². The molecule has 0 unspecified atom stereocenters. The van der Waals surface area contributed by atoms with Crippen LogP contribution >= 0.6 is 11.6 Å². The lowest BCUT2D eigenvalue weighted by molar-refractivity contribution is -0.142. The first-order valence-electron chi connectivity index (χ1n) is 4.37. The summed E-state index contributed by atoms with van der Waals surface area (Å²) in [6, 6.07) is 3.40. The molecule has 0 fully saturated rings. The highest BCUT2D eigenvalue weighted by Crippen LogP contribution is 2.14. The zero-order valence-electron chi connectivity index (χ0n) is 8.16. The van der Waals surface area contributed by atoms with Gasteiger partial charge in [-0.2, -0.15) is 5.26 Å². The van der Waals surface area contributed by atoms with Crippen LogP contribution in [-0.2, 0) is 16.0 Å². The molecule has 0 spiro atoms. The summed E-state index contributed by atoms with van der Waals surface area (Å²) in [7, 11) is 0. The molecule has 0 aromatic carbocycles. The van der Waals surface area contributed by atoms with Crippen molar-refractivity contribution < 1.29 is 9.53 Å². The van der Waals surface area contributed by atoms with Crippen molar-refractivity contribution in [3.8, 4) is 6.07 Å². The molecule has 1 rings (SSSR count). The molecule has 1 aromatic heterocycles. The fraction of sp³-hybridized carbons (Fsp3) is 0.300. The second-order valence-corrected chi connectivity index (χ2v) is 3.16. The second-order valence-electron chi connectivity index (χ2n) is 2.75. The van der Waals surface area contributed by atoms with E-state index >= 15 is 0 Å². The van der Waals surface area contributed by atoms with Crippen molar-refractivity contribution in [2.45, 2.75) is 13.3 Å². The Hall–Kier alpha value is -1.60. The van der Waals surface area contributed by atoms with Crippen LogP contribution in [0.15, 0.2) is 12.3 Å². The number of nitrogens with zero attached hydrogens (tertiary/aromatic N) is 2. The van der Waals surface area contributed by atoms with E-state index < -0.39 is 0 Å². The zero-order chi connectivity index (χ0) is 11.3. The van der Waals surface area contributed by atoms with Crippen LogP contribution in [0.25, 0.3) is 0 Å². The minimum atomic E-state index is -0.365. The Morgan fingerprint density at radius 2 is 2.47 bits per heavy atom. The number of rotatable bonds is 3. The number of aromatic nitrogens is 1. The van der Waals surface area contributed by atoms with Gasteiger partial charge >= 0.3 is 5.97 Å². The Balaban J connectivity index is 2.80. The van der Waals surface area contributed by atoms with Gasteiger partial charge in [0.15, 0.2) is 0 Å². The van der Waals surface area contributed by atoms with Crippen molar-refractivity contribution in [2.24, 2.45) is 0 Å². The summed E-state index contributed by atoms with van der Waals surface area (Å²) in [6.07, 6.45) is 1.41. The van der Waals surface area contributed by atoms with Crippen molar-refractivity contribution in [2.75, 3.05) is 6.61 Å². The molecule has 0 aliphatic heterocycles. The van der Waals surface area contributed by atoms with Crippen molar-refractivity contribution in [1.29, 1.82) is 5.26 Å². The third kappa shape index (κ3) is 3.22. The first kappa shape index (κ1) is 11.5. The first-order chi connectivity index (χ1) is 7.17. The van der Waals surface area contributed by atoms with E-state index in [1.807, 2.05) is 6.07 Å². The molecule has 78 valence electrons. The third-order valence-electron chi connectivity index (χ3n) is 1.66. The van der Waals surface area contributed by atoms with Gasteiger partial charge in [0.05, 0.1) is 29.3 Å². The van der Waals surface area contributed by atoms with Gasteiger partial charge in [0.2, 0.25) is 0 Å². The quantitative estimate of drug-likeness (QED) is 0.734. The Labute approximate surface area is 92.4 Å². The number of halogens is 1. The molecule has 0 amide bonds. The lowest BCUT2D eigenvalue weighted by atomic mass is 10.2. The summed E-state index contributed by atoms with van der Waals surface area (Å²) in [4.78, 5) is 15.0. The SMILES string of the molecule is CCOC(=O)Cc1cc(C#N)c(Cl)cn1. The average molecular weight is 225 g/mol. The van der Waals surface area contributed by atoms with Crippen LogP contribution in [0.2, 0.25) is 5.02 Å².